The van der Waals surface area contributed by atoms with E-state index in [9.17, 15) is 4.39 Å². The first-order valence-electron chi connectivity index (χ1n) is 8.31. The minimum atomic E-state index is -0.271. The fourth-order valence-corrected chi connectivity index (χ4v) is 2.96. The van der Waals surface area contributed by atoms with Gasteiger partial charge >= 0.3 is 0 Å². The van der Waals surface area contributed by atoms with Crippen molar-refractivity contribution >= 4 is 0 Å². The van der Waals surface area contributed by atoms with Crippen LogP contribution >= 0.6 is 0 Å². The van der Waals surface area contributed by atoms with Crippen LogP contribution in [0.25, 0.3) is 28.2 Å². The van der Waals surface area contributed by atoms with Gasteiger partial charge < -0.3 is 4.74 Å². The molecule has 0 unspecified atom stereocenters. The summed E-state index contributed by atoms with van der Waals surface area (Å²) >= 11 is 0. The van der Waals surface area contributed by atoms with Crippen LogP contribution in [0.3, 0.4) is 0 Å². The average Bonchev–Trinajstić information content (AvgIpc) is 3.14. The van der Waals surface area contributed by atoms with Crippen LogP contribution in [-0.4, -0.2) is 16.9 Å². The molecule has 0 spiro atoms. The lowest BCUT2D eigenvalue weighted by Crippen LogP contribution is -1.99. The zero-order valence-electron chi connectivity index (χ0n) is 14.3. The number of benzene rings is 3. The molecule has 0 aliphatic rings. The van der Waals surface area contributed by atoms with E-state index < -0.39 is 0 Å². The number of halogens is 1. The standard InChI is InChI=1S/C22H17FN2O/c1-26-22-10-6-5-9-19(22)20-15-21(16-7-3-2-4-8-16)25(24-20)18-13-11-17(23)12-14-18/h2-15H,1H3. The van der Waals surface area contributed by atoms with Gasteiger partial charge in [-0.15, -0.1) is 0 Å². The number of ether oxygens (including phenoxy) is 1. The number of aromatic nitrogens is 2. The van der Waals surface area contributed by atoms with E-state index in [1.54, 1.807) is 19.2 Å². The Kier molecular flexibility index (Phi) is 4.23. The molecule has 0 atom stereocenters. The van der Waals surface area contributed by atoms with Crippen LogP contribution < -0.4 is 4.74 Å². The lowest BCUT2D eigenvalue weighted by Gasteiger charge is -2.07. The van der Waals surface area contributed by atoms with E-state index in [1.165, 1.54) is 12.1 Å². The first-order valence-corrected chi connectivity index (χ1v) is 8.31. The molecule has 0 N–H and O–H groups in total. The maximum Gasteiger partial charge on any atom is 0.128 e. The van der Waals surface area contributed by atoms with Crippen LogP contribution in [0.1, 0.15) is 0 Å². The molecular formula is C22H17FN2O. The minimum Gasteiger partial charge on any atom is -0.496 e. The van der Waals surface area contributed by atoms with Gasteiger partial charge in [-0.2, -0.15) is 5.10 Å². The van der Waals surface area contributed by atoms with Gasteiger partial charge in [-0.25, -0.2) is 9.07 Å². The smallest absolute Gasteiger partial charge is 0.128 e. The maximum absolute atomic E-state index is 13.3. The zero-order valence-corrected chi connectivity index (χ0v) is 14.3. The lowest BCUT2D eigenvalue weighted by atomic mass is 10.1. The second-order valence-electron chi connectivity index (χ2n) is 5.87. The second kappa shape index (κ2) is 6.84. The topological polar surface area (TPSA) is 27.1 Å². The van der Waals surface area contributed by atoms with E-state index in [4.69, 9.17) is 9.84 Å². The SMILES string of the molecule is COc1ccccc1-c1cc(-c2ccccc2)n(-c2ccc(F)cc2)n1. The summed E-state index contributed by atoms with van der Waals surface area (Å²) in [4.78, 5) is 0. The summed E-state index contributed by atoms with van der Waals surface area (Å²) in [5.74, 6) is 0.489. The third-order valence-corrected chi connectivity index (χ3v) is 4.23. The monoisotopic (exact) mass is 344 g/mol. The summed E-state index contributed by atoms with van der Waals surface area (Å²) in [6.45, 7) is 0. The van der Waals surface area contributed by atoms with Crippen molar-refractivity contribution in [3.05, 3.63) is 90.7 Å². The zero-order chi connectivity index (χ0) is 17.9. The third kappa shape index (κ3) is 2.97. The highest BCUT2D eigenvalue weighted by Crippen LogP contribution is 2.33. The van der Waals surface area contributed by atoms with E-state index in [2.05, 4.69) is 0 Å². The van der Waals surface area contributed by atoms with Gasteiger partial charge in [0.05, 0.1) is 24.2 Å². The van der Waals surface area contributed by atoms with Gasteiger partial charge in [0, 0.05) is 11.1 Å². The summed E-state index contributed by atoms with van der Waals surface area (Å²) < 4.78 is 20.7. The molecule has 1 aromatic heterocycles. The summed E-state index contributed by atoms with van der Waals surface area (Å²) in [6.07, 6.45) is 0. The van der Waals surface area contributed by atoms with Crippen LogP contribution in [0.4, 0.5) is 4.39 Å². The quantitative estimate of drug-likeness (QED) is 0.499. The van der Waals surface area contributed by atoms with Gasteiger partial charge in [-0.3, -0.25) is 0 Å². The van der Waals surface area contributed by atoms with Gasteiger partial charge in [-0.1, -0.05) is 42.5 Å². The van der Waals surface area contributed by atoms with Crippen molar-refractivity contribution < 1.29 is 9.13 Å². The molecule has 0 bridgehead atoms. The third-order valence-electron chi connectivity index (χ3n) is 4.23. The number of hydrogen-bond donors (Lipinski definition) is 0. The number of methoxy groups -OCH3 is 1. The van der Waals surface area contributed by atoms with Gasteiger partial charge in [0.2, 0.25) is 0 Å². The first-order chi connectivity index (χ1) is 12.8. The molecule has 0 fully saturated rings. The molecule has 1 heterocycles. The van der Waals surface area contributed by atoms with E-state index in [-0.39, 0.29) is 5.82 Å². The number of rotatable bonds is 4. The van der Waals surface area contributed by atoms with Crippen molar-refractivity contribution in [3.8, 4) is 34.0 Å². The number of para-hydroxylation sites is 1. The van der Waals surface area contributed by atoms with Crippen LogP contribution in [0, 0.1) is 5.82 Å². The largest absolute Gasteiger partial charge is 0.496 e. The maximum atomic E-state index is 13.3. The predicted octanol–water partition coefficient (Wildman–Crippen LogP) is 5.35. The van der Waals surface area contributed by atoms with Crippen molar-refractivity contribution in [3.63, 3.8) is 0 Å². The highest BCUT2D eigenvalue weighted by molar-refractivity contribution is 5.73. The van der Waals surface area contributed by atoms with E-state index in [1.807, 2.05) is 65.3 Å². The molecule has 26 heavy (non-hydrogen) atoms. The molecule has 0 radical (unpaired) electrons. The summed E-state index contributed by atoms with van der Waals surface area (Å²) in [6, 6.07) is 26.1. The molecule has 3 nitrogen and oxygen atoms in total. The Morgan fingerprint density at radius 3 is 2.27 bits per heavy atom. The van der Waals surface area contributed by atoms with E-state index in [0.717, 1.165) is 34.0 Å². The van der Waals surface area contributed by atoms with Crippen molar-refractivity contribution in [2.75, 3.05) is 7.11 Å². The molecule has 0 saturated carbocycles. The Labute approximate surface area is 151 Å². The molecule has 0 saturated heterocycles. The van der Waals surface area contributed by atoms with Crippen LogP contribution in [-0.2, 0) is 0 Å². The van der Waals surface area contributed by atoms with Gasteiger partial charge in [0.25, 0.3) is 0 Å². The normalized spacial score (nSPS) is 10.7. The van der Waals surface area contributed by atoms with Crippen molar-refractivity contribution in [1.82, 2.24) is 9.78 Å². The van der Waals surface area contributed by atoms with E-state index in [0.29, 0.717) is 0 Å². The Bertz CT molecular complexity index is 1020. The summed E-state index contributed by atoms with van der Waals surface area (Å²) in [7, 11) is 1.65. The predicted molar refractivity (Wildman–Crippen MR) is 101 cm³/mol. The lowest BCUT2D eigenvalue weighted by molar-refractivity contribution is 0.416. The summed E-state index contributed by atoms with van der Waals surface area (Å²) in [5, 5.41) is 4.78. The van der Waals surface area contributed by atoms with Crippen LogP contribution in [0.5, 0.6) is 5.75 Å². The number of nitrogens with zero attached hydrogens (tertiary/aromatic N) is 2. The Balaban J connectivity index is 1.92. The Hall–Kier alpha value is -3.40. The van der Waals surface area contributed by atoms with Crippen LogP contribution in [0.2, 0.25) is 0 Å². The van der Waals surface area contributed by atoms with Gasteiger partial charge in [0.15, 0.2) is 0 Å². The molecule has 3 aromatic carbocycles. The van der Waals surface area contributed by atoms with Crippen molar-refractivity contribution in [2.24, 2.45) is 0 Å². The molecule has 4 aromatic rings. The van der Waals surface area contributed by atoms with Crippen molar-refractivity contribution in [1.29, 1.82) is 0 Å². The average molecular weight is 344 g/mol. The molecule has 128 valence electrons. The molecular weight excluding hydrogens is 327 g/mol. The van der Waals surface area contributed by atoms with Gasteiger partial charge in [-0.05, 0) is 42.5 Å². The van der Waals surface area contributed by atoms with E-state index >= 15 is 0 Å². The fourth-order valence-electron chi connectivity index (χ4n) is 2.96. The highest BCUT2D eigenvalue weighted by Gasteiger charge is 2.15. The summed E-state index contributed by atoms with van der Waals surface area (Å²) in [5.41, 5.74) is 4.47. The Morgan fingerprint density at radius 2 is 1.54 bits per heavy atom. The molecule has 0 amide bonds. The second-order valence-corrected chi connectivity index (χ2v) is 5.87. The number of hydrogen-bond acceptors (Lipinski definition) is 2. The van der Waals surface area contributed by atoms with Crippen LogP contribution in [0.15, 0.2) is 84.9 Å². The first kappa shape index (κ1) is 16.1. The molecule has 0 aliphatic carbocycles. The van der Waals surface area contributed by atoms with Gasteiger partial charge in [0.1, 0.15) is 11.6 Å². The molecule has 4 heteroatoms. The van der Waals surface area contributed by atoms with Crippen molar-refractivity contribution in [2.45, 2.75) is 0 Å². The molecule has 4 rings (SSSR count). The highest BCUT2D eigenvalue weighted by atomic mass is 19.1. The minimum absolute atomic E-state index is 0.271. The molecule has 0 aliphatic heterocycles. The Morgan fingerprint density at radius 1 is 0.846 bits per heavy atom. The fraction of sp³-hybridized carbons (Fsp3) is 0.0455.